The first-order valence-electron chi connectivity index (χ1n) is 7.45. The van der Waals surface area contributed by atoms with Crippen molar-refractivity contribution >= 4 is 5.97 Å². The summed E-state index contributed by atoms with van der Waals surface area (Å²) in [5, 5.41) is 3.27. The highest BCUT2D eigenvalue weighted by molar-refractivity contribution is 5.80. The van der Waals surface area contributed by atoms with Crippen LogP contribution >= 0.6 is 0 Å². The Morgan fingerprint density at radius 3 is 2.30 bits per heavy atom. The molecule has 0 fully saturated rings. The van der Waals surface area contributed by atoms with Gasteiger partial charge in [0.05, 0.1) is 7.11 Å². The molecule has 0 aromatic heterocycles. The topological polar surface area (TPSA) is 44.8 Å². The molecule has 0 aliphatic rings. The fourth-order valence-corrected chi connectivity index (χ4v) is 2.35. The molecule has 1 N–H and O–H groups in total. The molecule has 0 aromatic carbocycles. The van der Waals surface area contributed by atoms with E-state index in [2.05, 4.69) is 43.1 Å². The fraction of sp³-hybridized carbons (Fsp3) is 0.933. The maximum absolute atomic E-state index is 12.1. The number of methoxy groups -OCH3 is 1. The number of rotatable bonds is 10. The lowest BCUT2D eigenvalue weighted by atomic mass is 10.0. The fourth-order valence-electron chi connectivity index (χ4n) is 2.35. The molecule has 0 heterocycles. The van der Waals surface area contributed by atoms with Crippen LogP contribution in [-0.4, -0.2) is 75.2 Å². The van der Waals surface area contributed by atoms with E-state index < -0.39 is 5.54 Å². The van der Waals surface area contributed by atoms with Crippen LogP contribution in [0.2, 0.25) is 0 Å². The minimum atomic E-state index is -0.648. The van der Waals surface area contributed by atoms with Gasteiger partial charge in [0.15, 0.2) is 0 Å². The van der Waals surface area contributed by atoms with E-state index in [9.17, 15) is 4.79 Å². The highest BCUT2D eigenvalue weighted by Crippen LogP contribution is 2.11. The molecule has 0 amide bonds. The summed E-state index contributed by atoms with van der Waals surface area (Å²) in [4.78, 5) is 16.6. The number of hydrogen-bond acceptors (Lipinski definition) is 5. The second-order valence-electron chi connectivity index (χ2n) is 6.29. The van der Waals surface area contributed by atoms with Gasteiger partial charge in [-0.2, -0.15) is 0 Å². The molecule has 0 bridgehead atoms. The Morgan fingerprint density at radius 1 is 1.30 bits per heavy atom. The molecule has 0 spiro atoms. The van der Waals surface area contributed by atoms with Crippen LogP contribution in [0.15, 0.2) is 0 Å². The zero-order chi connectivity index (χ0) is 15.8. The Hall–Kier alpha value is -0.650. The quantitative estimate of drug-likeness (QED) is 0.609. The minimum Gasteiger partial charge on any atom is -0.468 e. The number of hydrogen-bond donors (Lipinski definition) is 1. The molecule has 20 heavy (non-hydrogen) atoms. The van der Waals surface area contributed by atoms with Crippen LogP contribution in [0.4, 0.5) is 0 Å². The highest BCUT2D eigenvalue weighted by atomic mass is 16.5. The van der Waals surface area contributed by atoms with Gasteiger partial charge in [0, 0.05) is 26.2 Å². The van der Waals surface area contributed by atoms with E-state index in [-0.39, 0.29) is 5.97 Å². The van der Waals surface area contributed by atoms with Gasteiger partial charge in [0.25, 0.3) is 0 Å². The lowest BCUT2D eigenvalue weighted by Crippen LogP contribution is -2.58. The lowest BCUT2D eigenvalue weighted by Gasteiger charge is -2.35. The van der Waals surface area contributed by atoms with Gasteiger partial charge in [-0.15, -0.1) is 0 Å². The molecule has 0 rings (SSSR count). The van der Waals surface area contributed by atoms with Gasteiger partial charge in [0.2, 0.25) is 0 Å². The van der Waals surface area contributed by atoms with Gasteiger partial charge in [-0.05, 0) is 33.5 Å². The average Bonchev–Trinajstić information content (AvgIpc) is 2.34. The van der Waals surface area contributed by atoms with E-state index in [0.717, 1.165) is 26.2 Å². The summed E-state index contributed by atoms with van der Waals surface area (Å²) in [6.07, 6.45) is 0. The largest absolute Gasteiger partial charge is 0.468 e. The van der Waals surface area contributed by atoms with Crippen LogP contribution in [0, 0.1) is 5.92 Å². The minimum absolute atomic E-state index is 0.196. The molecular formula is C15H33N3O2. The van der Waals surface area contributed by atoms with Gasteiger partial charge in [-0.1, -0.05) is 20.8 Å². The second-order valence-corrected chi connectivity index (χ2v) is 6.29. The maximum atomic E-state index is 12.1. The molecule has 0 aromatic rings. The van der Waals surface area contributed by atoms with Gasteiger partial charge >= 0.3 is 5.97 Å². The Kier molecular flexibility index (Phi) is 9.01. The number of carbonyl (C=O) groups is 1. The third kappa shape index (κ3) is 7.22. The van der Waals surface area contributed by atoms with Crippen LogP contribution in [0.5, 0.6) is 0 Å². The summed E-state index contributed by atoms with van der Waals surface area (Å²) in [6.45, 7) is 12.6. The molecule has 1 atom stereocenters. The predicted octanol–water partition coefficient (Wildman–Crippen LogP) is 1.05. The van der Waals surface area contributed by atoms with Crippen molar-refractivity contribution in [1.29, 1.82) is 0 Å². The summed E-state index contributed by atoms with van der Waals surface area (Å²) >= 11 is 0. The van der Waals surface area contributed by atoms with Crippen LogP contribution < -0.4 is 5.32 Å². The first-order chi connectivity index (χ1) is 9.25. The number of nitrogens with one attached hydrogen (secondary N) is 1. The van der Waals surface area contributed by atoms with E-state index in [1.165, 1.54) is 7.11 Å². The number of likely N-dealkylation sites (N-methyl/N-ethyl adjacent to an activating group) is 2. The lowest BCUT2D eigenvalue weighted by molar-refractivity contribution is -0.148. The number of carbonyl (C=O) groups excluding carboxylic acids is 1. The smallest absolute Gasteiger partial charge is 0.327 e. The van der Waals surface area contributed by atoms with Gasteiger partial charge in [-0.3, -0.25) is 9.69 Å². The van der Waals surface area contributed by atoms with Crippen LogP contribution in [0.3, 0.4) is 0 Å². The third-order valence-corrected chi connectivity index (χ3v) is 3.23. The SMILES string of the molecule is CCNC(C)(CN(CCN(C)C)CC(C)C)C(=O)OC. The Morgan fingerprint density at radius 2 is 1.90 bits per heavy atom. The van der Waals surface area contributed by atoms with Crippen molar-refractivity contribution in [3.05, 3.63) is 0 Å². The van der Waals surface area contributed by atoms with E-state index in [1.807, 2.05) is 13.8 Å². The Labute approximate surface area is 124 Å². The Balaban J connectivity index is 4.82. The van der Waals surface area contributed by atoms with Gasteiger partial charge < -0.3 is 15.0 Å². The average molecular weight is 287 g/mol. The summed E-state index contributed by atoms with van der Waals surface area (Å²) in [7, 11) is 5.58. The van der Waals surface area contributed by atoms with Crippen LogP contribution in [0.25, 0.3) is 0 Å². The molecule has 120 valence electrons. The van der Waals surface area contributed by atoms with E-state index in [0.29, 0.717) is 12.5 Å². The van der Waals surface area contributed by atoms with Crippen LogP contribution in [0.1, 0.15) is 27.7 Å². The van der Waals surface area contributed by atoms with Crippen molar-refractivity contribution in [2.45, 2.75) is 33.2 Å². The van der Waals surface area contributed by atoms with E-state index in [4.69, 9.17) is 4.74 Å². The third-order valence-electron chi connectivity index (χ3n) is 3.23. The van der Waals surface area contributed by atoms with E-state index >= 15 is 0 Å². The first-order valence-corrected chi connectivity index (χ1v) is 7.45. The molecule has 0 radical (unpaired) electrons. The monoisotopic (exact) mass is 287 g/mol. The van der Waals surface area contributed by atoms with E-state index in [1.54, 1.807) is 0 Å². The molecule has 5 heteroatoms. The summed E-state index contributed by atoms with van der Waals surface area (Å²) < 4.78 is 4.96. The zero-order valence-corrected chi connectivity index (χ0v) is 14.3. The highest BCUT2D eigenvalue weighted by Gasteiger charge is 2.35. The molecule has 0 saturated heterocycles. The molecule has 0 aliphatic carbocycles. The van der Waals surface area contributed by atoms with Crippen molar-refractivity contribution in [3.8, 4) is 0 Å². The number of nitrogens with zero attached hydrogens (tertiary/aromatic N) is 2. The summed E-state index contributed by atoms with van der Waals surface area (Å²) in [5.74, 6) is 0.374. The maximum Gasteiger partial charge on any atom is 0.327 e. The molecule has 0 aliphatic heterocycles. The zero-order valence-electron chi connectivity index (χ0n) is 14.3. The van der Waals surface area contributed by atoms with Gasteiger partial charge in [0.1, 0.15) is 5.54 Å². The molecule has 5 nitrogen and oxygen atoms in total. The van der Waals surface area contributed by atoms with Gasteiger partial charge in [-0.25, -0.2) is 0 Å². The Bertz CT molecular complexity index is 282. The van der Waals surface area contributed by atoms with Crippen LogP contribution in [-0.2, 0) is 9.53 Å². The number of esters is 1. The standard InChI is InChI=1S/C15H33N3O2/c1-8-16-15(4,14(19)20-7)12-18(11-13(2)3)10-9-17(5)6/h13,16H,8-12H2,1-7H3. The molecule has 0 saturated carbocycles. The number of ether oxygens (including phenoxy) is 1. The van der Waals surface area contributed by atoms with Crippen molar-refractivity contribution in [2.75, 3.05) is 53.9 Å². The van der Waals surface area contributed by atoms with Crippen molar-refractivity contribution in [1.82, 2.24) is 15.1 Å². The summed E-state index contributed by atoms with van der Waals surface area (Å²) in [5.41, 5.74) is -0.648. The summed E-state index contributed by atoms with van der Waals surface area (Å²) in [6, 6.07) is 0. The first kappa shape index (κ1) is 19.4. The molecular weight excluding hydrogens is 254 g/mol. The van der Waals surface area contributed by atoms with Crippen molar-refractivity contribution in [3.63, 3.8) is 0 Å². The van der Waals surface area contributed by atoms with Crippen molar-refractivity contribution in [2.24, 2.45) is 5.92 Å². The van der Waals surface area contributed by atoms with Crippen molar-refractivity contribution < 1.29 is 9.53 Å². The predicted molar refractivity (Wildman–Crippen MR) is 83.9 cm³/mol. The second kappa shape index (κ2) is 9.32. The molecule has 1 unspecified atom stereocenters. The normalized spacial score (nSPS) is 14.9.